The van der Waals surface area contributed by atoms with Gasteiger partial charge in [0.1, 0.15) is 17.3 Å². The number of imidazole rings is 1. The van der Waals surface area contributed by atoms with Gasteiger partial charge in [0.15, 0.2) is 0 Å². The summed E-state index contributed by atoms with van der Waals surface area (Å²) < 4.78 is 65.3. The Labute approximate surface area is 448 Å². The van der Waals surface area contributed by atoms with Crippen LogP contribution in [0.2, 0.25) is 0 Å². The fourth-order valence-corrected chi connectivity index (χ4v) is 11.2. The van der Waals surface area contributed by atoms with Crippen molar-refractivity contribution < 1.29 is 17.5 Å². The van der Waals surface area contributed by atoms with Gasteiger partial charge in [-0.15, -0.1) is 0 Å². The van der Waals surface area contributed by atoms with Crippen LogP contribution in [0.5, 0.6) is 11.5 Å². The molecule has 0 saturated heterocycles. The van der Waals surface area contributed by atoms with Crippen molar-refractivity contribution in [1.82, 2.24) is 14.1 Å². The molecule has 0 amide bonds. The van der Waals surface area contributed by atoms with E-state index in [9.17, 15) is 0 Å². The van der Waals surface area contributed by atoms with Crippen molar-refractivity contribution in [1.29, 1.82) is 0 Å². The number of benzene rings is 9. The molecule has 9 aromatic carbocycles. The van der Waals surface area contributed by atoms with E-state index in [2.05, 4.69) is 195 Å². The minimum absolute atomic E-state index is 0.0181. The van der Waals surface area contributed by atoms with E-state index in [4.69, 9.17) is 17.9 Å². The molecule has 0 N–H and O–H groups in total. The molecule has 0 radical (unpaired) electrons. The number of hydrogen-bond acceptors (Lipinski definition) is 2. The number of aromatic nitrogens is 4. The number of ether oxygens (including phenoxy) is 1. The summed E-state index contributed by atoms with van der Waals surface area (Å²) in [4.78, 5) is 4.90. The Balaban J connectivity index is 1.03. The number of pyridine rings is 1. The zero-order chi connectivity index (χ0) is 56.3. The number of aryl methyl sites for hydroxylation is 2. The summed E-state index contributed by atoms with van der Waals surface area (Å²) in [6.07, 6.45) is 5.79. The molecular formula is C70H58N4O. The van der Waals surface area contributed by atoms with E-state index in [1.54, 1.807) is 0 Å². The number of fused-ring (bicyclic) bond motifs is 10. The molecular weight excluding hydrogens is 913 g/mol. The summed E-state index contributed by atoms with van der Waals surface area (Å²) in [5.41, 5.74) is 15.9. The molecule has 0 spiro atoms. The first-order valence-corrected chi connectivity index (χ1v) is 25.6. The van der Waals surface area contributed by atoms with Gasteiger partial charge in [0.2, 0.25) is 0 Å². The summed E-state index contributed by atoms with van der Waals surface area (Å²) in [5.74, 6) is 2.16. The maximum atomic E-state index is 8.65. The van der Waals surface area contributed by atoms with Crippen LogP contribution in [0, 0.1) is 20.0 Å². The van der Waals surface area contributed by atoms with Gasteiger partial charge in [-0.1, -0.05) is 181 Å². The second-order valence-corrected chi connectivity index (χ2v) is 21.8. The lowest BCUT2D eigenvalue weighted by Crippen LogP contribution is -2.32. The lowest BCUT2D eigenvalue weighted by Gasteiger charge is -2.21. The first-order valence-electron chi connectivity index (χ1n) is 28.6. The van der Waals surface area contributed by atoms with E-state index in [0.29, 0.717) is 17.1 Å². The third kappa shape index (κ3) is 7.76. The summed E-state index contributed by atoms with van der Waals surface area (Å²) in [6.45, 7) is 8.10. The normalized spacial score (nSPS) is 13.8. The molecule has 3 aromatic heterocycles. The molecule has 5 nitrogen and oxygen atoms in total. The molecule has 5 heteroatoms. The van der Waals surface area contributed by atoms with Crippen molar-refractivity contribution in [2.24, 2.45) is 0 Å². The molecule has 0 fully saturated rings. The van der Waals surface area contributed by atoms with Gasteiger partial charge >= 0.3 is 0 Å². The van der Waals surface area contributed by atoms with Crippen molar-refractivity contribution in [3.63, 3.8) is 0 Å². The number of rotatable bonds is 6. The van der Waals surface area contributed by atoms with Gasteiger partial charge in [0.05, 0.1) is 33.4 Å². The molecule has 0 bridgehead atoms. The summed E-state index contributed by atoms with van der Waals surface area (Å²) in [6, 6.07) is 67.3. The van der Waals surface area contributed by atoms with Crippen LogP contribution in [-0.4, -0.2) is 14.1 Å². The van der Waals surface area contributed by atoms with E-state index >= 15 is 0 Å². The second kappa shape index (κ2) is 17.4. The van der Waals surface area contributed by atoms with Crippen molar-refractivity contribution in [3.05, 3.63) is 235 Å². The van der Waals surface area contributed by atoms with Gasteiger partial charge in [0, 0.05) is 31.3 Å². The van der Waals surface area contributed by atoms with Gasteiger partial charge in [-0.3, -0.25) is 13.7 Å². The van der Waals surface area contributed by atoms with Crippen molar-refractivity contribution >= 4 is 32.8 Å². The van der Waals surface area contributed by atoms with Gasteiger partial charge in [-0.2, -0.15) is 0 Å². The highest BCUT2D eigenvalue weighted by Gasteiger charge is 2.28. The Kier molecular flexibility index (Phi) is 9.22. The molecule has 75 heavy (non-hydrogen) atoms. The van der Waals surface area contributed by atoms with Crippen molar-refractivity contribution in [2.45, 2.75) is 66.1 Å². The molecule has 4 heterocycles. The fourth-order valence-electron chi connectivity index (χ4n) is 11.2. The minimum Gasteiger partial charge on any atom is -0.458 e. The highest BCUT2D eigenvalue weighted by atomic mass is 16.5. The van der Waals surface area contributed by atoms with Crippen LogP contribution in [0.15, 0.2) is 206 Å². The summed E-state index contributed by atoms with van der Waals surface area (Å²) in [7, 11) is 0. The number of nitrogens with zero attached hydrogens (tertiary/aromatic N) is 4. The molecule has 0 saturated carbocycles. The molecule has 1 aliphatic heterocycles. The first-order chi connectivity index (χ1) is 38.7. The summed E-state index contributed by atoms with van der Waals surface area (Å²) in [5, 5.41) is 2.23. The predicted octanol–water partition coefficient (Wildman–Crippen LogP) is 17.9. The van der Waals surface area contributed by atoms with E-state index in [0.717, 1.165) is 94.5 Å². The van der Waals surface area contributed by atoms with E-state index in [1.807, 2.05) is 54.7 Å². The Hall–Kier alpha value is -8.80. The lowest BCUT2D eigenvalue weighted by atomic mass is 9.84. The standard InChI is InChI=1S/C70H58N4O/c1-44-17-13-18-45(2)66(44)47-31-35-56-54-21-9-10-22-55(54)59-26-16-28-63-68(59)73(67-53(24-15-25-60(67)61(56)39-47)46-29-32-48(33-30-46)69(3,4)5)43-72(63)50-19-14-20-51(41-50)75-52-34-36-58-57-23-11-12-27-62(57)74(64(58)42-52)65-40-49(37-38-71-65)70(6,7)8/h9-42H,1-8H3/i1D3,2D3. The molecule has 1 aliphatic rings. The van der Waals surface area contributed by atoms with Gasteiger partial charge in [0.25, 0.3) is 6.33 Å². The Morgan fingerprint density at radius 1 is 0.480 bits per heavy atom. The second-order valence-electron chi connectivity index (χ2n) is 21.8. The minimum atomic E-state index is -2.59. The Morgan fingerprint density at radius 3 is 1.89 bits per heavy atom. The lowest BCUT2D eigenvalue weighted by molar-refractivity contribution is -0.570. The largest absolute Gasteiger partial charge is 0.458 e. The van der Waals surface area contributed by atoms with Crippen LogP contribution in [0.4, 0.5) is 0 Å². The number of hydrogen-bond donors (Lipinski definition) is 0. The third-order valence-corrected chi connectivity index (χ3v) is 15.0. The van der Waals surface area contributed by atoms with Gasteiger partial charge < -0.3 is 4.74 Å². The van der Waals surface area contributed by atoms with E-state index in [1.165, 1.54) is 29.3 Å². The molecule has 0 aliphatic carbocycles. The predicted molar refractivity (Wildman–Crippen MR) is 310 cm³/mol. The Morgan fingerprint density at radius 2 is 1.11 bits per heavy atom. The zero-order valence-corrected chi connectivity index (χ0v) is 42.8. The van der Waals surface area contributed by atoms with E-state index in [-0.39, 0.29) is 27.5 Å². The summed E-state index contributed by atoms with van der Waals surface area (Å²) >= 11 is 0. The molecule has 364 valence electrons. The highest BCUT2D eigenvalue weighted by molar-refractivity contribution is 6.09. The quantitative estimate of drug-likeness (QED) is 0.123. The van der Waals surface area contributed by atoms with Crippen LogP contribution < -0.4 is 9.30 Å². The monoisotopic (exact) mass is 976 g/mol. The first kappa shape index (κ1) is 39.7. The molecule has 0 atom stereocenters. The smallest absolute Gasteiger partial charge is 0.269 e. The van der Waals surface area contributed by atoms with Crippen molar-refractivity contribution in [3.8, 4) is 84.3 Å². The van der Waals surface area contributed by atoms with Gasteiger partial charge in [-0.25, -0.2) is 4.98 Å². The molecule has 12 aromatic rings. The Bertz CT molecular complexity index is 4460. The van der Waals surface area contributed by atoms with Crippen LogP contribution >= 0.6 is 0 Å². The zero-order valence-electron chi connectivity index (χ0n) is 48.8. The topological polar surface area (TPSA) is 35.9 Å². The average molecular weight is 977 g/mol. The van der Waals surface area contributed by atoms with Gasteiger partial charge in [-0.05, 0) is 157 Å². The molecule has 0 unspecified atom stereocenters. The SMILES string of the molecule is [2H]C([2H])([2H])c1cccc(C([2H])([2H])[2H])c1-c1ccc2c(c1)-c1cccc(-c3ccc(C(C)(C)C)cc3)c1-[n+]1[c-]n(-c3cccc(Oc4ccc5c6ccccc6n(-c6cc(C(C)(C)C)ccn6)c5c4)c3)c3cccc(c31)-c1ccccc1-2. The van der Waals surface area contributed by atoms with Crippen LogP contribution in [0.1, 0.15) is 72.0 Å². The third-order valence-electron chi connectivity index (χ3n) is 15.0. The fraction of sp³-hybridized carbons (Fsp3) is 0.143. The van der Waals surface area contributed by atoms with Crippen LogP contribution in [0.25, 0.3) is 106 Å². The highest BCUT2D eigenvalue weighted by Crippen LogP contribution is 2.47. The maximum Gasteiger partial charge on any atom is 0.269 e. The molecule has 13 rings (SSSR count). The van der Waals surface area contributed by atoms with E-state index < -0.39 is 13.7 Å². The van der Waals surface area contributed by atoms with Crippen molar-refractivity contribution in [2.75, 3.05) is 0 Å². The van der Waals surface area contributed by atoms with Crippen LogP contribution in [-0.2, 0) is 10.8 Å². The number of para-hydroxylation sites is 3. The average Bonchev–Trinajstić information content (AvgIpc) is 4.04. The van der Waals surface area contributed by atoms with Crippen LogP contribution in [0.3, 0.4) is 0 Å². The maximum absolute atomic E-state index is 8.65.